The maximum absolute atomic E-state index is 14.8. The topological polar surface area (TPSA) is 66.9 Å². The Morgan fingerprint density at radius 2 is 1.61 bits per heavy atom. The van der Waals surface area contributed by atoms with Crippen LogP contribution in [0.1, 0.15) is 28.9 Å². The summed E-state index contributed by atoms with van der Waals surface area (Å²) in [6, 6.07) is 15.1. The van der Waals surface area contributed by atoms with Crippen LogP contribution in [0, 0.1) is 11.6 Å². The van der Waals surface area contributed by atoms with Crippen LogP contribution in [0.4, 0.5) is 14.5 Å². The minimum absolute atomic E-state index is 0.0304. The van der Waals surface area contributed by atoms with Gasteiger partial charge in [0.15, 0.2) is 9.84 Å². The highest BCUT2D eigenvalue weighted by Crippen LogP contribution is 2.30. The van der Waals surface area contributed by atoms with Crippen molar-refractivity contribution in [1.29, 1.82) is 0 Å². The fourth-order valence-corrected chi connectivity index (χ4v) is 4.95. The van der Waals surface area contributed by atoms with Crippen molar-refractivity contribution in [2.24, 2.45) is 0 Å². The molecule has 0 N–H and O–H groups in total. The first kappa shape index (κ1) is 25.8. The van der Waals surface area contributed by atoms with Gasteiger partial charge in [0.1, 0.15) is 11.6 Å². The summed E-state index contributed by atoms with van der Waals surface area (Å²) in [5.41, 5.74) is 2.54. The molecule has 1 aliphatic heterocycles. The monoisotopic (exact) mass is 514 g/mol. The number of benzene rings is 3. The molecule has 1 atom stereocenters. The van der Waals surface area contributed by atoms with Crippen LogP contribution < -0.4 is 4.90 Å². The standard InChI is InChI=1S/C27H28F2N2O4S/c1-18(35-2)20-6-11-26(25(29)16-20)30-12-14-31(15-13-30)27(32)24-17-22(36(3,33)34)9-10-23(24)19-4-7-21(28)8-5-19/h4-11,16-18H,12-15H2,1-3H3. The quantitative estimate of drug-likeness (QED) is 0.477. The number of amides is 1. The molecule has 3 aromatic carbocycles. The maximum atomic E-state index is 14.8. The van der Waals surface area contributed by atoms with Gasteiger partial charge in [0.2, 0.25) is 0 Å². The maximum Gasteiger partial charge on any atom is 0.254 e. The Bertz CT molecular complexity index is 1370. The number of carbonyl (C=O) groups excluding carboxylic acids is 1. The number of sulfone groups is 1. The second-order valence-electron chi connectivity index (χ2n) is 8.85. The van der Waals surface area contributed by atoms with Crippen molar-refractivity contribution in [2.45, 2.75) is 17.9 Å². The van der Waals surface area contributed by atoms with E-state index in [0.717, 1.165) is 11.8 Å². The molecule has 0 spiro atoms. The van der Waals surface area contributed by atoms with Gasteiger partial charge in [-0.05, 0) is 60.0 Å². The van der Waals surface area contributed by atoms with Crippen molar-refractivity contribution in [2.75, 3.05) is 44.4 Å². The van der Waals surface area contributed by atoms with Gasteiger partial charge < -0.3 is 14.5 Å². The number of ether oxygens (including phenoxy) is 1. The van der Waals surface area contributed by atoms with Crippen molar-refractivity contribution in [3.05, 3.63) is 83.4 Å². The van der Waals surface area contributed by atoms with Crippen LogP contribution in [-0.4, -0.2) is 58.8 Å². The first-order chi connectivity index (χ1) is 17.1. The number of hydrogen-bond donors (Lipinski definition) is 0. The van der Waals surface area contributed by atoms with Gasteiger partial charge in [-0.2, -0.15) is 0 Å². The summed E-state index contributed by atoms with van der Waals surface area (Å²) in [5.74, 6) is -1.09. The molecular formula is C27H28F2N2O4S. The van der Waals surface area contributed by atoms with Crippen molar-refractivity contribution in [3.63, 3.8) is 0 Å². The lowest BCUT2D eigenvalue weighted by molar-refractivity contribution is 0.0747. The van der Waals surface area contributed by atoms with E-state index in [9.17, 15) is 22.0 Å². The van der Waals surface area contributed by atoms with Gasteiger partial charge in [-0.1, -0.05) is 24.3 Å². The first-order valence-electron chi connectivity index (χ1n) is 11.5. The summed E-state index contributed by atoms with van der Waals surface area (Å²) in [6.07, 6.45) is 0.862. The molecule has 0 bridgehead atoms. The van der Waals surface area contributed by atoms with E-state index >= 15 is 0 Å². The second-order valence-corrected chi connectivity index (χ2v) is 10.9. The average molecular weight is 515 g/mol. The molecule has 1 fully saturated rings. The van der Waals surface area contributed by atoms with Gasteiger partial charge >= 0.3 is 0 Å². The second kappa shape index (κ2) is 10.4. The van der Waals surface area contributed by atoms with Gasteiger partial charge in [0.05, 0.1) is 16.7 Å². The number of nitrogens with zero attached hydrogens (tertiary/aromatic N) is 2. The van der Waals surface area contributed by atoms with E-state index in [1.54, 1.807) is 36.3 Å². The van der Waals surface area contributed by atoms with Crippen LogP contribution in [0.15, 0.2) is 65.6 Å². The van der Waals surface area contributed by atoms with E-state index in [-0.39, 0.29) is 28.3 Å². The largest absolute Gasteiger partial charge is 0.377 e. The number of methoxy groups -OCH3 is 1. The SMILES string of the molecule is COC(C)c1ccc(N2CCN(C(=O)c3cc(S(C)(=O)=O)ccc3-c3ccc(F)cc3)CC2)c(F)c1. The summed E-state index contributed by atoms with van der Waals surface area (Å²) < 4.78 is 57.9. The van der Waals surface area contributed by atoms with Gasteiger partial charge in [0.25, 0.3) is 5.91 Å². The fourth-order valence-electron chi connectivity index (χ4n) is 4.30. The lowest BCUT2D eigenvalue weighted by Gasteiger charge is -2.36. The molecule has 0 radical (unpaired) electrons. The summed E-state index contributed by atoms with van der Waals surface area (Å²) >= 11 is 0. The zero-order valence-electron chi connectivity index (χ0n) is 20.4. The number of hydrogen-bond acceptors (Lipinski definition) is 5. The molecule has 190 valence electrons. The Morgan fingerprint density at radius 3 is 2.19 bits per heavy atom. The van der Waals surface area contributed by atoms with Crippen LogP contribution in [0.25, 0.3) is 11.1 Å². The van der Waals surface area contributed by atoms with E-state index in [2.05, 4.69) is 0 Å². The third kappa shape index (κ3) is 5.42. The Labute approximate surface area is 210 Å². The van der Waals surface area contributed by atoms with E-state index in [0.29, 0.717) is 43.0 Å². The zero-order valence-corrected chi connectivity index (χ0v) is 21.2. The Morgan fingerprint density at radius 1 is 0.944 bits per heavy atom. The Hall–Kier alpha value is -3.30. The fraction of sp³-hybridized carbons (Fsp3) is 0.296. The molecule has 0 saturated carbocycles. The predicted octanol–water partition coefficient (Wildman–Crippen LogP) is 4.71. The molecule has 1 heterocycles. The summed E-state index contributed by atoms with van der Waals surface area (Å²) in [5, 5.41) is 0. The van der Waals surface area contributed by atoms with Crippen LogP contribution in [-0.2, 0) is 14.6 Å². The van der Waals surface area contributed by atoms with Crippen LogP contribution >= 0.6 is 0 Å². The van der Waals surface area contributed by atoms with Gasteiger partial charge in [-0.15, -0.1) is 0 Å². The zero-order chi connectivity index (χ0) is 26.0. The molecule has 1 aliphatic rings. The highest BCUT2D eigenvalue weighted by Gasteiger charge is 2.27. The molecule has 9 heteroatoms. The van der Waals surface area contributed by atoms with E-state index in [1.165, 1.54) is 30.3 Å². The first-order valence-corrected chi connectivity index (χ1v) is 13.4. The average Bonchev–Trinajstić information content (AvgIpc) is 2.87. The molecule has 6 nitrogen and oxygen atoms in total. The van der Waals surface area contributed by atoms with E-state index in [1.807, 2.05) is 17.9 Å². The Kier molecular flexibility index (Phi) is 7.42. The van der Waals surface area contributed by atoms with Crippen LogP contribution in [0.2, 0.25) is 0 Å². The highest BCUT2D eigenvalue weighted by molar-refractivity contribution is 7.90. The number of halogens is 2. The van der Waals surface area contributed by atoms with Crippen molar-refractivity contribution in [1.82, 2.24) is 4.90 Å². The van der Waals surface area contributed by atoms with Gasteiger partial charge in [0, 0.05) is 45.1 Å². The summed E-state index contributed by atoms with van der Waals surface area (Å²) in [6.45, 7) is 3.34. The normalized spacial score (nSPS) is 15.1. The Balaban J connectivity index is 1.58. The third-order valence-electron chi connectivity index (χ3n) is 6.51. The third-order valence-corrected chi connectivity index (χ3v) is 7.62. The van der Waals surface area contributed by atoms with Gasteiger partial charge in [-0.3, -0.25) is 4.79 Å². The van der Waals surface area contributed by atoms with E-state index in [4.69, 9.17) is 4.74 Å². The number of carbonyl (C=O) groups is 1. The molecule has 4 rings (SSSR count). The molecule has 36 heavy (non-hydrogen) atoms. The lowest BCUT2D eigenvalue weighted by atomic mass is 9.98. The molecule has 1 amide bonds. The van der Waals surface area contributed by atoms with E-state index < -0.39 is 15.7 Å². The number of piperazine rings is 1. The van der Waals surface area contributed by atoms with Crippen LogP contribution in [0.5, 0.6) is 0 Å². The van der Waals surface area contributed by atoms with Crippen molar-refractivity contribution < 1.29 is 26.7 Å². The predicted molar refractivity (Wildman–Crippen MR) is 135 cm³/mol. The molecule has 1 saturated heterocycles. The minimum atomic E-state index is -3.55. The number of anilines is 1. The van der Waals surface area contributed by atoms with Crippen molar-refractivity contribution >= 4 is 21.4 Å². The minimum Gasteiger partial charge on any atom is -0.377 e. The summed E-state index contributed by atoms with van der Waals surface area (Å²) in [4.78, 5) is 17.1. The molecule has 0 aliphatic carbocycles. The van der Waals surface area contributed by atoms with Gasteiger partial charge in [-0.25, -0.2) is 17.2 Å². The molecule has 1 unspecified atom stereocenters. The lowest BCUT2D eigenvalue weighted by Crippen LogP contribution is -2.49. The molecular weight excluding hydrogens is 486 g/mol. The smallest absolute Gasteiger partial charge is 0.254 e. The molecule has 0 aromatic heterocycles. The summed E-state index contributed by atoms with van der Waals surface area (Å²) in [7, 11) is -1.98. The van der Waals surface area contributed by atoms with Crippen LogP contribution in [0.3, 0.4) is 0 Å². The van der Waals surface area contributed by atoms with Crippen molar-refractivity contribution in [3.8, 4) is 11.1 Å². The highest BCUT2D eigenvalue weighted by atomic mass is 32.2. The molecule has 3 aromatic rings. The number of rotatable bonds is 6.